The fourth-order valence-corrected chi connectivity index (χ4v) is 0.969. The molecule has 1 radical (unpaired) electrons. The Bertz CT molecular complexity index is 351. The molecule has 2 aromatic rings. The zero-order valence-corrected chi connectivity index (χ0v) is 5.26. The minimum atomic E-state index is 0.281. The van der Waals surface area contributed by atoms with Gasteiger partial charge in [0.2, 0.25) is 0 Å². The van der Waals surface area contributed by atoms with Crippen molar-refractivity contribution in [3.8, 4) is 5.75 Å². The predicted octanol–water partition coefficient (Wildman–Crippen LogP) is 1.67. The average Bonchev–Trinajstić information content (AvgIpc) is 2.33. The number of H-pyrrole nitrogens is 1. The van der Waals surface area contributed by atoms with Gasteiger partial charge in [-0.15, -0.1) is 0 Å². The van der Waals surface area contributed by atoms with E-state index in [1.807, 2.05) is 6.07 Å². The van der Waals surface area contributed by atoms with Crippen LogP contribution in [0.2, 0.25) is 0 Å². The summed E-state index contributed by atoms with van der Waals surface area (Å²) in [6.07, 6.45) is 1.73. The van der Waals surface area contributed by atoms with Gasteiger partial charge in [-0.25, -0.2) is 0 Å². The average molecular weight is 132 g/mol. The molecule has 1 heterocycles. The second kappa shape index (κ2) is 1.77. The maximum Gasteiger partial charge on any atom is 0.116 e. The highest BCUT2D eigenvalue weighted by atomic mass is 16.3. The first-order chi connectivity index (χ1) is 4.86. The lowest BCUT2D eigenvalue weighted by Crippen LogP contribution is -1.65. The van der Waals surface area contributed by atoms with Crippen LogP contribution in [0.4, 0.5) is 0 Å². The Balaban J connectivity index is 2.86. The number of benzene rings is 1. The number of rotatable bonds is 0. The van der Waals surface area contributed by atoms with Gasteiger partial charge < -0.3 is 10.1 Å². The summed E-state index contributed by atoms with van der Waals surface area (Å²) in [5.74, 6) is 0.281. The van der Waals surface area contributed by atoms with Gasteiger partial charge in [-0.05, 0) is 18.2 Å². The van der Waals surface area contributed by atoms with E-state index in [-0.39, 0.29) is 5.75 Å². The Morgan fingerprint density at radius 2 is 2.30 bits per heavy atom. The zero-order valence-electron chi connectivity index (χ0n) is 5.26. The molecule has 1 aromatic heterocycles. The van der Waals surface area contributed by atoms with Crippen LogP contribution < -0.4 is 0 Å². The number of aromatic nitrogens is 1. The SMILES string of the molecule is Oc1ccc2[nH]c[c]c2c1. The van der Waals surface area contributed by atoms with Gasteiger partial charge in [-0.2, -0.15) is 0 Å². The number of fused-ring (bicyclic) bond motifs is 1. The van der Waals surface area contributed by atoms with Crippen LogP contribution in [-0.4, -0.2) is 10.1 Å². The molecular formula is C8H6NO. The molecule has 0 aliphatic heterocycles. The van der Waals surface area contributed by atoms with E-state index in [9.17, 15) is 0 Å². The van der Waals surface area contributed by atoms with Crippen molar-refractivity contribution in [2.75, 3.05) is 0 Å². The second-order valence-corrected chi connectivity index (χ2v) is 2.16. The Morgan fingerprint density at radius 3 is 3.20 bits per heavy atom. The van der Waals surface area contributed by atoms with Crippen LogP contribution in [0, 0.1) is 6.07 Å². The van der Waals surface area contributed by atoms with Crippen LogP contribution >= 0.6 is 0 Å². The lowest BCUT2D eigenvalue weighted by atomic mass is 10.2. The fraction of sp³-hybridized carbons (Fsp3) is 0. The van der Waals surface area contributed by atoms with E-state index in [1.54, 1.807) is 18.3 Å². The first-order valence-electron chi connectivity index (χ1n) is 3.04. The molecule has 0 bridgehead atoms. The van der Waals surface area contributed by atoms with Crippen LogP contribution in [0.1, 0.15) is 0 Å². The first-order valence-corrected chi connectivity index (χ1v) is 3.04. The van der Waals surface area contributed by atoms with Gasteiger partial charge in [0.05, 0.1) is 0 Å². The molecule has 0 aliphatic rings. The molecule has 0 aliphatic carbocycles. The van der Waals surface area contributed by atoms with Crippen LogP contribution in [0.25, 0.3) is 10.9 Å². The van der Waals surface area contributed by atoms with Crippen molar-refractivity contribution in [3.63, 3.8) is 0 Å². The molecule has 0 unspecified atom stereocenters. The van der Waals surface area contributed by atoms with Crippen molar-refractivity contribution in [1.29, 1.82) is 0 Å². The smallest absolute Gasteiger partial charge is 0.116 e. The predicted molar refractivity (Wildman–Crippen MR) is 38.8 cm³/mol. The minimum Gasteiger partial charge on any atom is -0.508 e. The molecule has 2 N–H and O–H groups in total. The Morgan fingerprint density at radius 1 is 1.40 bits per heavy atom. The number of phenols is 1. The van der Waals surface area contributed by atoms with Crippen molar-refractivity contribution >= 4 is 10.9 Å². The normalized spacial score (nSPS) is 10.4. The van der Waals surface area contributed by atoms with Gasteiger partial charge >= 0.3 is 0 Å². The lowest BCUT2D eigenvalue weighted by molar-refractivity contribution is 0.476. The van der Waals surface area contributed by atoms with E-state index in [1.165, 1.54) is 0 Å². The van der Waals surface area contributed by atoms with Gasteiger partial charge in [0.1, 0.15) is 5.75 Å². The van der Waals surface area contributed by atoms with Gasteiger partial charge in [0.15, 0.2) is 0 Å². The summed E-state index contributed by atoms with van der Waals surface area (Å²) < 4.78 is 0. The van der Waals surface area contributed by atoms with Crippen molar-refractivity contribution in [2.45, 2.75) is 0 Å². The molecule has 10 heavy (non-hydrogen) atoms. The zero-order chi connectivity index (χ0) is 6.97. The molecule has 1 aromatic carbocycles. The highest BCUT2D eigenvalue weighted by Crippen LogP contribution is 2.17. The quantitative estimate of drug-likeness (QED) is 0.562. The molecule has 0 atom stereocenters. The highest BCUT2D eigenvalue weighted by Gasteiger charge is 1.93. The molecule has 2 heteroatoms. The van der Waals surface area contributed by atoms with Crippen LogP contribution in [0.5, 0.6) is 5.75 Å². The van der Waals surface area contributed by atoms with Gasteiger partial charge in [-0.3, -0.25) is 0 Å². The van der Waals surface area contributed by atoms with Crippen LogP contribution in [0.3, 0.4) is 0 Å². The van der Waals surface area contributed by atoms with Crippen molar-refractivity contribution < 1.29 is 5.11 Å². The number of hydrogen-bond donors (Lipinski definition) is 2. The van der Waals surface area contributed by atoms with E-state index in [2.05, 4.69) is 11.1 Å². The molecule has 2 nitrogen and oxygen atoms in total. The molecule has 0 saturated heterocycles. The van der Waals surface area contributed by atoms with Gasteiger partial charge in [0.25, 0.3) is 0 Å². The summed E-state index contributed by atoms with van der Waals surface area (Å²) in [5, 5.41) is 9.93. The Kier molecular flexibility index (Phi) is 0.947. The van der Waals surface area contributed by atoms with E-state index in [0.717, 1.165) is 10.9 Å². The van der Waals surface area contributed by atoms with Crippen molar-refractivity contribution in [2.24, 2.45) is 0 Å². The molecule has 0 fully saturated rings. The van der Waals surface area contributed by atoms with Gasteiger partial charge in [0, 0.05) is 23.2 Å². The molecule has 49 valence electrons. The molecule has 0 amide bonds. The van der Waals surface area contributed by atoms with Crippen molar-refractivity contribution in [1.82, 2.24) is 4.98 Å². The maximum absolute atomic E-state index is 9.01. The topological polar surface area (TPSA) is 36.0 Å². The largest absolute Gasteiger partial charge is 0.508 e. The maximum atomic E-state index is 9.01. The molecule has 0 spiro atoms. The summed E-state index contributed by atoms with van der Waals surface area (Å²) >= 11 is 0. The third-order valence-corrected chi connectivity index (χ3v) is 1.46. The standard InChI is InChI=1S/C8H6NO/c10-7-1-2-8-6(5-7)3-4-9-8/h1-2,4-5,9-10H. The summed E-state index contributed by atoms with van der Waals surface area (Å²) in [5.41, 5.74) is 0.998. The summed E-state index contributed by atoms with van der Waals surface area (Å²) in [6.45, 7) is 0. The fourth-order valence-electron chi connectivity index (χ4n) is 0.969. The minimum absolute atomic E-state index is 0.281. The molecular weight excluding hydrogens is 126 g/mol. The second-order valence-electron chi connectivity index (χ2n) is 2.16. The number of hydrogen-bond acceptors (Lipinski definition) is 1. The highest BCUT2D eigenvalue weighted by molar-refractivity contribution is 5.79. The van der Waals surface area contributed by atoms with E-state index >= 15 is 0 Å². The molecule has 0 saturated carbocycles. The monoisotopic (exact) mass is 132 g/mol. The number of phenolic OH excluding ortho intramolecular Hbond substituents is 1. The number of aromatic hydroxyl groups is 1. The first kappa shape index (κ1) is 5.35. The summed E-state index contributed by atoms with van der Waals surface area (Å²) in [4.78, 5) is 2.98. The summed E-state index contributed by atoms with van der Waals surface area (Å²) in [7, 11) is 0. The van der Waals surface area contributed by atoms with E-state index in [4.69, 9.17) is 5.11 Å². The lowest BCUT2D eigenvalue weighted by Gasteiger charge is -1.89. The Labute approximate surface area is 58.1 Å². The van der Waals surface area contributed by atoms with E-state index < -0.39 is 0 Å². The van der Waals surface area contributed by atoms with Crippen LogP contribution in [0.15, 0.2) is 24.4 Å². The Hall–Kier alpha value is -1.44. The number of nitrogens with one attached hydrogen (secondary N) is 1. The third-order valence-electron chi connectivity index (χ3n) is 1.46. The van der Waals surface area contributed by atoms with E-state index in [0.29, 0.717) is 0 Å². The third kappa shape index (κ3) is 0.658. The summed E-state index contributed by atoms with van der Waals surface area (Å²) in [6, 6.07) is 8.08. The van der Waals surface area contributed by atoms with Crippen molar-refractivity contribution in [3.05, 3.63) is 30.5 Å². The molecule has 2 rings (SSSR count). The van der Waals surface area contributed by atoms with Crippen LogP contribution in [-0.2, 0) is 0 Å². The number of aromatic amines is 1. The van der Waals surface area contributed by atoms with Gasteiger partial charge in [-0.1, -0.05) is 0 Å².